The highest BCUT2D eigenvalue weighted by Crippen LogP contribution is 2.25. The zero-order valence-electron chi connectivity index (χ0n) is 13.4. The van der Waals surface area contributed by atoms with E-state index in [9.17, 15) is 4.79 Å². The SMILES string of the molecule is O=C(N[C@H](c1ccccc1)c1cc2ccncc2[nH]1)c1ccncc1. The van der Waals surface area contributed by atoms with Crippen LogP contribution >= 0.6 is 0 Å². The van der Waals surface area contributed by atoms with Gasteiger partial charge in [0.15, 0.2) is 0 Å². The zero-order chi connectivity index (χ0) is 17.1. The number of hydrogen-bond acceptors (Lipinski definition) is 3. The molecule has 1 amide bonds. The fourth-order valence-electron chi connectivity index (χ4n) is 2.85. The van der Waals surface area contributed by atoms with Gasteiger partial charge in [-0.25, -0.2) is 0 Å². The number of aromatic amines is 1. The molecule has 3 heterocycles. The molecule has 5 heteroatoms. The minimum Gasteiger partial charge on any atom is -0.355 e. The molecule has 5 nitrogen and oxygen atoms in total. The lowest BCUT2D eigenvalue weighted by Gasteiger charge is -2.18. The molecule has 2 N–H and O–H groups in total. The van der Waals surface area contributed by atoms with Gasteiger partial charge < -0.3 is 10.3 Å². The summed E-state index contributed by atoms with van der Waals surface area (Å²) in [6.45, 7) is 0. The van der Waals surface area contributed by atoms with Crippen molar-refractivity contribution in [2.24, 2.45) is 0 Å². The van der Waals surface area contributed by atoms with E-state index in [4.69, 9.17) is 0 Å². The molecular formula is C20H16N4O. The van der Waals surface area contributed by atoms with Gasteiger partial charge in [0.2, 0.25) is 0 Å². The quantitative estimate of drug-likeness (QED) is 0.602. The van der Waals surface area contributed by atoms with Crippen LogP contribution in [-0.2, 0) is 0 Å². The van der Waals surface area contributed by atoms with Crippen molar-refractivity contribution in [2.45, 2.75) is 6.04 Å². The van der Waals surface area contributed by atoms with Gasteiger partial charge in [-0.05, 0) is 29.8 Å². The summed E-state index contributed by atoms with van der Waals surface area (Å²) < 4.78 is 0. The molecule has 122 valence electrons. The third-order valence-corrected chi connectivity index (χ3v) is 4.11. The Morgan fingerprint density at radius 3 is 2.48 bits per heavy atom. The Bertz CT molecular complexity index is 963. The largest absolute Gasteiger partial charge is 0.355 e. The molecule has 0 radical (unpaired) electrons. The topological polar surface area (TPSA) is 70.7 Å². The van der Waals surface area contributed by atoms with Gasteiger partial charge in [-0.1, -0.05) is 30.3 Å². The molecule has 0 bridgehead atoms. The van der Waals surface area contributed by atoms with Crippen molar-refractivity contribution >= 4 is 16.8 Å². The molecule has 1 aromatic carbocycles. The standard InChI is InChI=1S/C20H16N4O/c25-20(15-6-9-21-10-7-15)24-19(14-4-2-1-3-5-14)17-12-16-8-11-22-13-18(16)23-17/h1-13,19,23H,(H,24,25)/t19-/m1/s1. The van der Waals surface area contributed by atoms with Crippen molar-refractivity contribution in [2.75, 3.05) is 0 Å². The van der Waals surface area contributed by atoms with Crippen LogP contribution in [0.15, 0.2) is 79.4 Å². The van der Waals surface area contributed by atoms with Gasteiger partial charge in [0.05, 0.1) is 17.8 Å². The van der Waals surface area contributed by atoms with E-state index >= 15 is 0 Å². The van der Waals surface area contributed by atoms with E-state index in [0.29, 0.717) is 5.56 Å². The van der Waals surface area contributed by atoms with Crippen molar-refractivity contribution < 1.29 is 4.79 Å². The number of benzene rings is 1. The summed E-state index contributed by atoms with van der Waals surface area (Å²) in [5.74, 6) is -0.145. The van der Waals surface area contributed by atoms with Gasteiger partial charge in [0.1, 0.15) is 0 Å². The van der Waals surface area contributed by atoms with E-state index in [2.05, 4.69) is 20.3 Å². The number of carbonyl (C=O) groups excluding carboxylic acids is 1. The van der Waals surface area contributed by atoms with Crippen LogP contribution in [0.5, 0.6) is 0 Å². The average Bonchev–Trinajstić information content (AvgIpc) is 3.11. The van der Waals surface area contributed by atoms with Gasteiger partial charge in [-0.15, -0.1) is 0 Å². The van der Waals surface area contributed by atoms with Crippen LogP contribution in [0.2, 0.25) is 0 Å². The summed E-state index contributed by atoms with van der Waals surface area (Å²) in [7, 11) is 0. The maximum absolute atomic E-state index is 12.7. The first-order valence-corrected chi connectivity index (χ1v) is 8.00. The highest BCUT2D eigenvalue weighted by atomic mass is 16.1. The minimum atomic E-state index is -0.283. The maximum atomic E-state index is 12.7. The van der Waals surface area contributed by atoms with Crippen molar-refractivity contribution in [3.8, 4) is 0 Å². The van der Waals surface area contributed by atoms with Crippen molar-refractivity contribution in [1.82, 2.24) is 20.3 Å². The lowest BCUT2D eigenvalue weighted by Crippen LogP contribution is -2.29. The van der Waals surface area contributed by atoms with Crippen molar-refractivity contribution in [1.29, 1.82) is 0 Å². The minimum absolute atomic E-state index is 0.145. The van der Waals surface area contributed by atoms with E-state index in [1.54, 1.807) is 36.9 Å². The predicted octanol–water partition coefficient (Wildman–Crippen LogP) is 3.48. The normalized spacial score (nSPS) is 12.0. The van der Waals surface area contributed by atoms with Crippen LogP contribution < -0.4 is 5.32 Å². The first-order chi connectivity index (χ1) is 12.3. The van der Waals surface area contributed by atoms with Gasteiger partial charge in [0, 0.05) is 35.2 Å². The molecule has 0 aliphatic carbocycles. The van der Waals surface area contributed by atoms with E-state index in [1.165, 1.54) is 0 Å². The molecule has 0 saturated carbocycles. The maximum Gasteiger partial charge on any atom is 0.252 e. The molecule has 4 rings (SSSR count). The molecule has 0 fully saturated rings. The number of nitrogens with one attached hydrogen (secondary N) is 2. The predicted molar refractivity (Wildman–Crippen MR) is 96.1 cm³/mol. The van der Waals surface area contributed by atoms with Crippen molar-refractivity contribution in [3.63, 3.8) is 0 Å². The Morgan fingerprint density at radius 2 is 1.72 bits per heavy atom. The van der Waals surface area contributed by atoms with E-state index < -0.39 is 0 Å². The summed E-state index contributed by atoms with van der Waals surface area (Å²) in [4.78, 5) is 24.1. The Labute approximate surface area is 144 Å². The summed E-state index contributed by atoms with van der Waals surface area (Å²) in [6, 6.07) is 17.0. The number of rotatable bonds is 4. The zero-order valence-corrected chi connectivity index (χ0v) is 13.4. The Hall–Kier alpha value is -3.47. The second kappa shape index (κ2) is 6.57. The fourth-order valence-corrected chi connectivity index (χ4v) is 2.85. The molecule has 25 heavy (non-hydrogen) atoms. The van der Waals surface area contributed by atoms with Gasteiger partial charge >= 0.3 is 0 Å². The molecule has 0 aliphatic heterocycles. The summed E-state index contributed by atoms with van der Waals surface area (Å²) in [5, 5.41) is 4.17. The average molecular weight is 328 g/mol. The summed E-state index contributed by atoms with van der Waals surface area (Å²) in [6.07, 6.45) is 6.76. The number of pyridine rings is 2. The first kappa shape index (κ1) is 15.1. The number of H-pyrrole nitrogens is 1. The van der Waals surface area contributed by atoms with Gasteiger partial charge in [-0.2, -0.15) is 0 Å². The van der Waals surface area contributed by atoms with Gasteiger partial charge in [0.25, 0.3) is 5.91 Å². The summed E-state index contributed by atoms with van der Waals surface area (Å²) in [5.41, 5.74) is 3.44. The van der Waals surface area contributed by atoms with E-state index in [-0.39, 0.29) is 11.9 Å². The number of hydrogen-bond donors (Lipinski definition) is 2. The smallest absolute Gasteiger partial charge is 0.252 e. The number of amides is 1. The van der Waals surface area contributed by atoms with E-state index in [0.717, 1.165) is 22.2 Å². The van der Waals surface area contributed by atoms with Crippen LogP contribution in [0.25, 0.3) is 10.9 Å². The highest BCUT2D eigenvalue weighted by molar-refractivity contribution is 5.94. The number of carbonyl (C=O) groups is 1. The number of nitrogens with zero attached hydrogens (tertiary/aromatic N) is 2. The Kier molecular flexibility index (Phi) is 3.96. The third kappa shape index (κ3) is 3.12. The summed E-state index contributed by atoms with van der Waals surface area (Å²) >= 11 is 0. The van der Waals surface area contributed by atoms with Crippen LogP contribution in [0.1, 0.15) is 27.7 Å². The third-order valence-electron chi connectivity index (χ3n) is 4.11. The second-order valence-corrected chi connectivity index (χ2v) is 5.74. The lowest BCUT2D eigenvalue weighted by molar-refractivity contribution is 0.0942. The molecule has 0 aliphatic rings. The monoisotopic (exact) mass is 328 g/mol. The number of fused-ring (bicyclic) bond motifs is 1. The first-order valence-electron chi connectivity index (χ1n) is 8.00. The molecular weight excluding hydrogens is 312 g/mol. The molecule has 3 aromatic heterocycles. The van der Waals surface area contributed by atoms with Gasteiger partial charge in [-0.3, -0.25) is 14.8 Å². The second-order valence-electron chi connectivity index (χ2n) is 5.74. The molecule has 0 saturated heterocycles. The van der Waals surface area contributed by atoms with Crippen LogP contribution in [0.4, 0.5) is 0 Å². The molecule has 1 atom stereocenters. The van der Waals surface area contributed by atoms with Crippen LogP contribution in [0.3, 0.4) is 0 Å². The number of aromatic nitrogens is 3. The van der Waals surface area contributed by atoms with Crippen LogP contribution in [0, 0.1) is 0 Å². The Morgan fingerprint density at radius 1 is 0.960 bits per heavy atom. The lowest BCUT2D eigenvalue weighted by atomic mass is 10.0. The van der Waals surface area contributed by atoms with Crippen molar-refractivity contribution in [3.05, 3.63) is 96.2 Å². The fraction of sp³-hybridized carbons (Fsp3) is 0.0500. The van der Waals surface area contributed by atoms with E-state index in [1.807, 2.05) is 42.5 Å². The van der Waals surface area contributed by atoms with Crippen LogP contribution in [-0.4, -0.2) is 20.9 Å². The molecule has 0 spiro atoms. The molecule has 4 aromatic rings. The Balaban J connectivity index is 1.73. The highest BCUT2D eigenvalue weighted by Gasteiger charge is 2.19. The molecule has 0 unspecified atom stereocenters.